The van der Waals surface area contributed by atoms with Gasteiger partial charge in [0, 0.05) is 29.2 Å². The number of nitrogens with one attached hydrogen (secondary N) is 1. The highest BCUT2D eigenvalue weighted by molar-refractivity contribution is 7.92. The lowest BCUT2D eigenvalue weighted by Gasteiger charge is -2.38. The van der Waals surface area contributed by atoms with E-state index in [4.69, 9.17) is 0 Å². The van der Waals surface area contributed by atoms with Gasteiger partial charge in [-0.15, -0.1) is 0 Å². The molecule has 6 heteroatoms. The van der Waals surface area contributed by atoms with Gasteiger partial charge >= 0.3 is 0 Å². The predicted octanol–water partition coefficient (Wildman–Crippen LogP) is 3.71. The Morgan fingerprint density at radius 1 is 0.966 bits per heavy atom. The van der Waals surface area contributed by atoms with E-state index in [2.05, 4.69) is 4.98 Å². The molecule has 0 unspecified atom stereocenters. The number of nitrogens with zero attached hydrogens (tertiary/aromatic N) is 1. The van der Waals surface area contributed by atoms with Crippen LogP contribution in [-0.4, -0.2) is 41.5 Å². The summed E-state index contributed by atoms with van der Waals surface area (Å²) in [4.78, 5) is 18.8. The van der Waals surface area contributed by atoms with E-state index in [9.17, 15) is 13.2 Å². The Balaban J connectivity index is 1.35. The Morgan fingerprint density at radius 3 is 2.34 bits per heavy atom. The van der Waals surface area contributed by atoms with Crippen molar-refractivity contribution >= 4 is 26.6 Å². The van der Waals surface area contributed by atoms with Crippen molar-refractivity contribution in [3.63, 3.8) is 0 Å². The summed E-state index contributed by atoms with van der Waals surface area (Å²) in [7, 11) is -3.36. The van der Waals surface area contributed by atoms with Crippen molar-refractivity contribution in [3.05, 3.63) is 66.4 Å². The Bertz CT molecular complexity index is 1140. The normalized spacial score (nSPS) is 24.1. The van der Waals surface area contributed by atoms with Crippen molar-refractivity contribution in [2.75, 3.05) is 0 Å². The molecule has 2 aliphatic rings. The molecule has 0 spiro atoms. The van der Waals surface area contributed by atoms with Gasteiger partial charge in [-0.25, -0.2) is 8.42 Å². The molecule has 1 N–H and O–H groups in total. The van der Waals surface area contributed by atoms with Crippen molar-refractivity contribution in [2.45, 2.75) is 54.3 Å². The zero-order valence-corrected chi connectivity index (χ0v) is 16.9. The van der Waals surface area contributed by atoms with Gasteiger partial charge in [0.25, 0.3) is 0 Å². The highest BCUT2D eigenvalue weighted by Crippen LogP contribution is 2.40. The van der Waals surface area contributed by atoms with Crippen LogP contribution in [0.15, 0.2) is 65.7 Å². The highest BCUT2D eigenvalue weighted by atomic mass is 32.2. The molecule has 1 aromatic heterocycles. The number of carbonyl (C=O) groups is 1. The largest absolute Gasteiger partial charge is 0.361 e. The quantitative estimate of drug-likeness (QED) is 0.715. The van der Waals surface area contributed by atoms with Crippen molar-refractivity contribution < 1.29 is 13.2 Å². The lowest BCUT2D eigenvalue weighted by atomic mass is 10.0. The SMILES string of the molecule is O=C(Cc1c[nH]c2ccccc12)N1[C@@H]2CC[C@@H]1CC(S(=O)(=O)c1ccccc1)C2. The lowest BCUT2D eigenvalue weighted by Crippen LogP contribution is -2.50. The fourth-order valence-corrected chi connectivity index (χ4v) is 6.99. The number of carbonyl (C=O) groups excluding carboxylic acids is 1. The predicted molar refractivity (Wildman–Crippen MR) is 112 cm³/mol. The van der Waals surface area contributed by atoms with Gasteiger partial charge in [-0.2, -0.15) is 0 Å². The number of amides is 1. The second-order valence-corrected chi connectivity index (χ2v) is 10.4. The molecule has 5 rings (SSSR count). The van der Waals surface area contributed by atoms with Crippen LogP contribution in [0.3, 0.4) is 0 Å². The summed E-state index contributed by atoms with van der Waals surface area (Å²) in [5.74, 6) is 0.109. The minimum atomic E-state index is -3.36. The Morgan fingerprint density at radius 2 is 1.62 bits per heavy atom. The third kappa shape index (κ3) is 3.15. The smallest absolute Gasteiger partial charge is 0.227 e. The van der Waals surface area contributed by atoms with E-state index < -0.39 is 15.1 Å². The molecule has 3 heterocycles. The fraction of sp³-hybridized carbons (Fsp3) is 0.348. The van der Waals surface area contributed by atoms with E-state index in [1.54, 1.807) is 24.3 Å². The van der Waals surface area contributed by atoms with Gasteiger partial charge in [0.05, 0.1) is 16.6 Å². The summed E-state index contributed by atoms with van der Waals surface area (Å²) in [5, 5.41) is 0.675. The summed E-state index contributed by atoms with van der Waals surface area (Å²) < 4.78 is 26.2. The Labute approximate surface area is 170 Å². The van der Waals surface area contributed by atoms with E-state index in [0.717, 1.165) is 29.3 Å². The molecule has 1 amide bonds. The number of para-hydroxylation sites is 1. The molecule has 3 aromatic rings. The summed E-state index contributed by atoms with van der Waals surface area (Å²) in [6, 6.07) is 16.7. The number of piperidine rings is 1. The maximum absolute atomic E-state index is 13.2. The Hall–Kier alpha value is -2.60. The van der Waals surface area contributed by atoms with Gasteiger partial charge in [0.1, 0.15) is 0 Å². The third-order valence-electron chi connectivity index (χ3n) is 6.50. The summed E-state index contributed by atoms with van der Waals surface area (Å²) in [6.07, 6.45) is 5.13. The topological polar surface area (TPSA) is 70.2 Å². The molecule has 2 aromatic carbocycles. The van der Waals surface area contributed by atoms with Crippen molar-refractivity contribution in [1.29, 1.82) is 0 Å². The lowest BCUT2D eigenvalue weighted by molar-refractivity contribution is -0.134. The number of H-pyrrole nitrogens is 1. The molecule has 0 aliphatic carbocycles. The molecule has 29 heavy (non-hydrogen) atoms. The van der Waals surface area contributed by atoms with Crippen molar-refractivity contribution in [2.24, 2.45) is 0 Å². The standard InChI is InChI=1S/C23H24N2O3S/c26-23(12-16-15-24-22-9-5-4-8-21(16)22)25-17-10-11-18(25)14-20(13-17)29(27,28)19-6-2-1-3-7-19/h1-9,15,17-18,20,24H,10-14H2/t17-,18-/m1/s1. The van der Waals surface area contributed by atoms with Gasteiger partial charge in [-0.05, 0) is 49.4 Å². The zero-order valence-electron chi connectivity index (χ0n) is 16.1. The molecule has 0 saturated carbocycles. The van der Waals surface area contributed by atoms with E-state index in [0.29, 0.717) is 24.2 Å². The number of hydrogen-bond donors (Lipinski definition) is 1. The van der Waals surface area contributed by atoms with Crippen LogP contribution >= 0.6 is 0 Å². The monoisotopic (exact) mass is 408 g/mol. The van der Waals surface area contributed by atoms with Crippen LogP contribution in [0.5, 0.6) is 0 Å². The first-order valence-corrected chi connectivity index (χ1v) is 11.7. The number of aromatic amines is 1. The molecular weight excluding hydrogens is 384 g/mol. The van der Waals surface area contributed by atoms with Gasteiger partial charge in [-0.1, -0.05) is 36.4 Å². The average molecular weight is 409 g/mol. The van der Waals surface area contributed by atoms with E-state index >= 15 is 0 Å². The van der Waals surface area contributed by atoms with E-state index in [-0.39, 0.29) is 18.0 Å². The highest BCUT2D eigenvalue weighted by Gasteiger charge is 2.47. The Kier molecular flexibility index (Phi) is 4.46. The number of hydrogen-bond acceptors (Lipinski definition) is 3. The second-order valence-electron chi connectivity index (χ2n) is 8.17. The first-order valence-electron chi connectivity index (χ1n) is 10.2. The number of aromatic nitrogens is 1. The first kappa shape index (κ1) is 18.4. The van der Waals surface area contributed by atoms with Gasteiger partial charge in [0.2, 0.25) is 5.91 Å². The van der Waals surface area contributed by atoms with Gasteiger partial charge < -0.3 is 9.88 Å². The summed E-state index contributed by atoms with van der Waals surface area (Å²) >= 11 is 0. The minimum Gasteiger partial charge on any atom is -0.361 e. The third-order valence-corrected chi connectivity index (χ3v) is 8.70. The fourth-order valence-electron chi connectivity index (χ4n) is 5.12. The molecule has 2 bridgehead atoms. The second kappa shape index (κ2) is 7.02. The van der Waals surface area contributed by atoms with Crippen LogP contribution < -0.4 is 0 Å². The van der Waals surface area contributed by atoms with Crippen LogP contribution in [0.1, 0.15) is 31.2 Å². The number of fused-ring (bicyclic) bond motifs is 3. The zero-order chi connectivity index (χ0) is 20.0. The van der Waals surface area contributed by atoms with Gasteiger partial charge in [0.15, 0.2) is 9.84 Å². The van der Waals surface area contributed by atoms with Crippen LogP contribution in [0.2, 0.25) is 0 Å². The average Bonchev–Trinajstić information content (AvgIpc) is 3.26. The molecule has 0 radical (unpaired) electrons. The van der Waals surface area contributed by atoms with Crippen LogP contribution in [0.25, 0.3) is 10.9 Å². The molecule has 2 fully saturated rings. The number of benzene rings is 2. The van der Waals surface area contributed by atoms with E-state index in [1.165, 1.54) is 0 Å². The minimum absolute atomic E-state index is 0.0231. The van der Waals surface area contributed by atoms with Crippen LogP contribution in [0, 0.1) is 0 Å². The first-order chi connectivity index (χ1) is 14.0. The summed E-state index contributed by atoms with van der Waals surface area (Å²) in [5.41, 5.74) is 2.04. The van der Waals surface area contributed by atoms with Crippen molar-refractivity contribution in [3.8, 4) is 0 Å². The summed E-state index contributed by atoms with van der Waals surface area (Å²) in [6.45, 7) is 0. The molecule has 5 nitrogen and oxygen atoms in total. The molecule has 2 atom stereocenters. The number of sulfone groups is 1. The molecule has 2 saturated heterocycles. The van der Waals surface area contributed by atoms with Crippen molar-refractivity contribution in [1.82, 2.24) is 9.88 Å². The van der Waals surface area contributed by atoms with Crippen LogP contribution in [0.4, 0.5) is 0 Å². The maximum Gasteiger partial charge on any atom is 0.227 e. The molecule has 150 valence electrons. The molecular formula is C23H24N2O3S. The maximum atomic E-state index is 13.2. The van der Waals surface area contributed by atoms with E-state index in [1.807, 2.05) is 41.4 Å². The molecule has 2 aliphatic heterocycles. The van der Waals surface area contributed by atoms with Crippen LogP contribution in [-0.2, 0) is 21.1 Å². The van der Waals surface area contributed by atoms with Gasteiger partial charge in [-0.3, -0.25) is 4.79 Å². The number of rotatable bonds is 4.